The van der Waals surface area contributed by atoms with Crippen LogP contribution in [0.3, 0.4) is 0 Å². The standard InChI is InChI=1S/C31H26O4/c32-29(34-23-11-3-1-4-12-23)19-21-31(22-20-30(33)35-24-13-5-2-6-14-24)27-17-9-7-15-25(27)26-16-8-10-18-28(26)31/h1-18H,19-22H2. The van der Waals surface area contributed by atoms with Crippen molar-refractivity contribution in [2.75, 3.05) is 0 Å². The van der Waals surface area contributed by atoms with Gasteiger partial charge in [-0.2, -0.15) is 0 Å². The SMILES string of the molecule is O=C(CCC1(CCC(=O)Oc2ccccc2)c2ccccc2-c2ccccc21)Oc1ccccc1. The normalized spacial score (nSPS) is 12.9. The van der Waals surface area contributed by atoms with Crippen LogP contribution in [0.2, 0.25) is 0 Å². The van der Waals surface area contributed by atoms with Gasteiger partial charge in [-0.25, -0.2) is 0 Å². The Morgan fingerprint density at radius 1 is 0.514 bits per heavy atom. The molecule has 5 rings (SSSR count). The van der Waals surface area contributed by atoms with E-state index in [4.69, 9.17) is 9.47 Å². The zero-order valence-electron chi connectivity index (χ0n) is 19.4. The molecule has 4 heteroatoms. The first-order chi connectivity index (χ1) is 17.2. The van der Waals surface area contributed by atoms with Crippen LogP contribution in [0.5, 0.6) is 11.5 Å². The molecule has 0 bridgehead atoms. The average Bonchev–Trinajstić information content (AvgIpc) is 3.18. The Labute approximate surface area is 205 Å². The van der Waals surface area contributed by atoms with E-state index in [2.05, 4.69) is 24.3 Å². The van der Waals surface area contributed by atoms with Crippen LogP contribution in [0.15, 0.2) is 109 Å². The van der Waals surface area contributed by atoms with E-state index < -0.39 is 5.41 Å². The molecule has 0 spiro atoms. The van der Waals surface area contributed by atoms with Crippen LogP contribution in [-0.2, 0) is 15.0 Å². The van der Waals surface area contributed by atoms with E-state index in [1.165, 1.54) is 0 Å². The minimum Gasteiger partial charge on any atom is -0.427 e. The van der Waals surface area contributed by atoms with Gasteiger partial charge in [-0.1, -0.05) is 84.9 Å². The molecule has 0 saturated heterocycles. The van der Waals surface area contributed by atoms with Crippen LogP contribution in [0.25, 0.3) is 11.1 Å². The van der Waals surface area contributed by atoms with Crippen LogP contribution >= 0.6 is 0 Å². The van der Waals surface area contributed by atoms with E-state index >= 15 is 0 Å². The van der Waals surface area contributed by atoms with Crippen molar-refractivity contribution in [3.05, 3.63) is 120 Å². The lowest BCUT2D eigenvalue weighted by atomic mass is 9.71. The van der Waals surface area contributed by atoms with E-state index in [9.17, 15) is 9.59 Å². The zero-order valence-corrected chi connectivity index (χ0v) is 19.4. The van der Waals surface area contributed by atoms with Gasteiger partial charge in [0.15, 0.2) is 0 Å². The molecule has 4 aromatic carbocycles. The molecule has 0 N–H and O–H groups in total. The number of para-hydroxylation sites is 2. The van der Waals surface area contributed by atoms with Gasteiger partial charge in [0, 0.05) is 18.3 Å². The maximum atomic E-state index is 12.8. The highest BCUT2D eigenvalue weighted by Gasteiger charge is 2.43. The van der Waals surface area contributed by atoms with Crippen molar-refractivity contribution in [1.82, 2.24) is 0 Å². The summed E-state index contributed by atoms with van der Waals surface area (Å²) in [5.41, 5.74) is 4.09. The molecule has 4 nitrogen and oxygen atoms in total. The predicted octanol–water partition coefficient (Wildman–Crippen LogP) is 6.72. The smallest absolute Gasteiger partial charge is 0.311 e. The molecule has 4 aromatic rings. The molecule has 0 aromatic heterocycles. The third-order valence-electron chi connectivity index (χ3n) is 6.64. The highest BCUT2D eigenvalue weighted by molar-refractivity contribution is 5.82. The Bertz CT molecular complexity index is 1220. The first kappa shape index (κ1) is 22.6. The van der Waals surface area contributed by atoms with Crippen LogP contribution in [0.1, 0.15) is 36.8 Å². The van der Waals surface area contributed by atoms with E-state index in [-0.39, 0.29) is 24.8 Å². The maximum absolute atomic E-state index is 12.8. The van der Waals surface area contributed by atoms with Crippen molar-refractivity contribution in [2.24, 2.45) is 0 Å². The minimum atomic E-state index is -0.487. The summed E-state index contributed by atoms with van der Waals surface area (Å²) in [6, 6.07) is 34.7. The number of hydrogen-bond acceptors (Lipinski definition) is 4. The summed E-state index contributed by atoms with van der Waals surface area (Å²) in [6.45, 7) is 0. The van der Waals surface area contributed by atoms with Gasteiger partial charge in [0.25, 0.3) is 0 Å². The molecule has 1 aliphatic rings. The second-order valence-corrected chi connectivity index (χ2v) is 8.75. The molecular weight excluding hydrogens is 436 g/mol. The lowest BCUT2D eigenvalue weighted by Gasteiger charge is -2.32. The lowest BCUT2D eigenvalue weighted by Crippen LogP contribution is -2.29. The van der Waals surface area contributed by atoms with Crippen molar-refractivity contribution in [3.63, 3.8) is 0 Å². The quantitative estimate of drug-likeness (QED) is 0.215. The van der Waals surface area contributed by atoms with E-state index in [1.807, 2.05) is 60.7 Å². The van der Waals surface area contributed by atoms with Gasteiger partial charge in [0.2, 0.25) is 0 Å². The molecule has 0 radical (unpaired) electrons. The number of ether oxygens (including phenoxy) is 2. The van der Waals surface area contributed by atoms with Crippen LogP contribution < -0.4 is 9.47 Å². The minimum absolute atomic E-state index is 0.227. The largest absolute Gasteiger partial charge is 0.427 e. The molecule has 0 aliphatic heterocycles. The monoisotopic (exact) mass is 462 g/mol. The topological polar surface area (TPSA) is 52.6 Å². The summed E-state index contributed by atoms with van der Waals surface area (Å²) in [5, 5.41) is 0. The molecule has 0 fully saturated rings. The fraction of sp³-hybridized carbons (Fsp3) is 0.161. The van der Waals surface area contributed by atoms with Gasteiger partial charge in [-0.3, -0.25) is 9.59 Å². The Hall–Kier alpha value is -4.18. The summed E-state index contributed by atoms with van der Waals surface area (Å²) in [5.74, 6) is 0.490. The van der Waals surface area contributed by atoms with Crippen molar-refractivity contribution < 1.29 is 19.1 Å². The zero-order chi connectivity index (χ0) is 24.1. The van der Waals surface area contributed by atoms with E-state index in [1.54, 1.807) is 24.3 Å². The van der Waals surface area contributed by atoms with E-state index in [0.29, 0.717) is 24.3 Å². The Kier molecular flexibility index (Phi) is 6.44. The Morgan fingerprint density at radius 2 is 0.886 bits per heavy atom. The Morgan fingerprint density at radius 3 is 1.31 bits per heavy atom. The highest BCUT2D eigenvalue weighted by atomic mass is 16.5. The van der Waals surface area contributed by atoms with Crippen molar-refractivity contribution in [2.45, 2.75) is 31.1 Å². The van der Waals surface area contributed by atoms with Gasteiger partial charge >= 0.3 is 11.9 Å². The second kappa shape index (κ2) is 9.98. The summed E-state index contributed by atoms with van der Waals surface area (Å²) >= 11 is 0. The van der Waals surface area contributed by atoms with Gasteiger partial charge < -0.3 is 9.47 Å². The van der Waals surface area contributed by atoms with Gasteiger partial charge in [0.05, 0.1) is 0 Å². The third kappa shape index (κ3) is 4.73. The fourth-order valence-electron chi connectivity index (χ4n) is 5.05. The summed E-state index contributed by atoms with van der Waals surface area (Å²) in [6.07, 6.45) is 1.52. The van der Waals surface area contributed by atoms with Gasteiger partial charge in [-0.05, 0) is 59.4 Å². The van der Waals surface area contributed by atoms with Crippen LogP contribution in [0, 0.1) is 0 Å². The highest BCUT2D eigenvalue weighted by Crippen LogP contribution is 2.53. The number of hydrogen-bond donors (Lipinski definition) is 0. The number of carbonyl (C=O) groups is 2. The lowest BCUT2D eigenvalue weighted by molar-refractivity contribution is -0.134. The summed E-state index contributed by atoms with van der Waals surface area (Å²) in [7, 11) is 0. The van der Waals surface area contributed by atoms with Crippen molar-refractivity contribution >= 4 is 11.9 Å². The molecule has 0 atom stereocenters. The third-order valence-corrected chi connectivity index (χ3v) is 6.64. The van der Waals surface area contributed by atoms with E-state index in [0.717, 1.165) is 22.3 Å². The van der Waals surface area contributed by atoms with Crippen molar-refractivity contribution in [1.29, 1.82) is 0 Å². The number of fused-ring (bicyclic) bond motifs is 3. The molecule has 0 saturated carbocycles. The second-order valence-electron chi connectivity index (χ2n) is 8.75. The first-order valence-electron chi connectivity index (χ1n) is 11.9. The van der Waals surface area contributed by atoms with Gasteiger partial charge in [0.1, 0.15) is 11.5 Å². The number of rotatable bonds is 8. The van der Waals surface area contributed by atoms with Crippen LogP contribution in [-0.4, -0.2) is 11.9 Å². The summed E-state index contributed by atoms with van der Waals surface area (Å²) in [4.78, 5) is 25.6. The maximum Gasteiger partial charge on any atom is 0.311 e. The summed E-state index contributed by atoms with van der Waals surface area (Å²) < 4.78 is 11.1. The molecule has 1 aliphatic carbocycles. The first-order valence-corrected chi connectivity index (χ1v) is 11.9. The molecule has 174 valence electrons. The number of carbonyl (C=O) groups excluding carboxylic acids is 2. The molecule has 0 amide bonds. The molecule has 0 unspecified atom stereocenters. The molecule has 0 heterocycles. The van der Waals surface area contributed by atoms with Crippen molar-refractivity contribution in [3.8, 4) is 22.6 Å². The molecular formula is C31H26O4. The number of benzene rings is 4. The number of esters is 2. The predicted molar refractivity (Wildman–Crippen MR) is 135 cm³/mol. The fourth-order valence-corrected chi connectivity index (χ4v) is 5.05. The van der Waals surface area contributed by atoms with Gasteiger partial charge in [-0.15, -0.1) is 0 Å². The average molecular weight is 463 g/mol. The molecule has 35 heavy (non-hydrogen) atoms. The Balaban J connectivity index is 1.42. The van der Waals surface area contributed by atoms with Crippen LogP contribution in [0.4, 0.5) is 0 Å².